The van der Waals surface area contributed by atoms with Crippen LogP contribution in [-0.4, -0.2) is 50.7 Å². The van der Waals surface area contributed by atoms with Crippen molar-refractivity contribution in [2.24, 2.45) is 0 Å². The molecule has 1 amide bonds. The minimum Gasteiger partial charge on any atom is -0.389 e. The molecule has 21 heavy (non-hydrogen) atoms. The molecule has 2 aliphatic rings. The average Bonchev–Trinajstić information content (AvgIpc) is 3.15. The second-order valence-corrected chi connectivity index (χ2v) is 5.96. The average molecular weight is 294 g/mol. The summed E-state index contributed by atoms with van der Waals surface area (Å²) in [6.45, 7) is 2.16. The highest BCUT2D eigenvalue weighted by Gasteiger charge is 2.38. The molecule has 7 heteroatoms. The predicted octanol–water partition coefficient (Wildman–Crippen LogP) is -0.0613. The molecule has 0 spiro atoms. The second-order valence-electron chi connectivity index (χ2n) is 5.96. The van der Waals surface area contributed by atoms with Crippen LogP contribution in [0.1, 0.15) is 37.4 Å². The molecule has 7 nitrogen and oxygen atoms in total. The summed E-state index contributed by atoms with van der Waals surface area (Å²) in [4.78, 5) is 12.2. The monoisotopic (exact) mass is 294 g/mol. The van der Waals surface area contributed by atoms with Gasteiger partial charge < -0.3 is 20.8 Å². The summed E-state index contributed by atoms with van der Waals surface area (Å²) in [7, 11) is 0. The number of amides is 1. The Bertz CT molecular complexity index is 524. The van der Waals surface area contributed by atoms with E-state index in [-0.39, 0.29) is 12.5 Å². The number of aromatic nitrogens is 2. The minimum atomic E-state index is -1.07. The first kappa shape index (κ1) is 14.5. The number of hydrogen-bond donors (Lipinski definition) is 4. The fourth-order valence-corrected chi connectivity index (χ4v) is 3.23. The van der Waals surface area contributed by atoms with Gasteiger partial charge in [0.2, 0.25) is 5.91 Å². The number of β-amino-alcohol motifs (C(OH)–C–C–N with tert-alkyl or cyclic N) is 1. The summed E-state index contributed by atoms with van der Waals surface area (Å²) in [5.41, 5.74) is 1.60. The van der Waals surface area contributed by atoms with Crippen LogP contribution in [0.25, 0.3) is 0 Å². The third kappa shape index (κ3) is 2.68. The maximum atomic E-state index is 12.2. The van der Waals surface area contributed by atoms with E-state index >= 15 is 0 Å². The Morgan fingerprint density at radius 2 is 2.14 bits per heavy atom. The maximum Gasteiger partial charge on any atom is 0.244 e. The fourth-order valence-electron chi connectivity index (χ4n) is 3.23. The molecule has 4 N–H and O–H groups in total. The molecule has 1 aliphatic heterocycles. The Hall–Kier alpha value is -1.44. The normalized spacial score (nSPS) is 30.0. The van der Waals surface area contributed by atoms with E-state index in [2.05, 4.69) is 15.7 Å². The van der Waals surface area contributed by atoms with Gasteiger partial charge in [0, 0.05) is 6.54 Å². The molecule has 1 saturated carbocycles. The number of nitrogens with zero attached hydrogens (tertiary/aromatic N) is 2. The lowest BCUT2D eigenvalue weighted by atomic mass is 10.1. The molecule has 0 aromatic carbocycles. The molecule has 0 unspecified atom stereocenters. The molecule has 1 aromatic heterocycles. The summed E-state index contributed by atoms with van der Waals surface area (Å²) in [5, 5.41) is 29.2. The molecule has 1 saturated heterocycles. The smallest absolute Gasteiger partial charge is 0.244 e. The van der Waals surface area contributed by atoms with Crippen molar-refractivity contribution in [1.82, 2.24) is 15.1 Å². The standard InChI is InChI=1S/C14H22N4O3/c1-8-10(6-16-18(8)9-4-2-3-5-9)17-14(21)12-13(20)11(19)7-15-12/h6,9,11-13,15,19-20H,2-5,7H2,1H3,(H,17,21)/t11-,12-,13-/m1/s1. The van der Waals surface area contributed by atoms with Gasteiger partial charge in [0.1, 0.15) is 12.1 Å². The Morgan fingerprint density at radius 3 is 2.76 bits per heavy atom. The molecule has 2 fully saturated rings. The van der Waals surface area contributed by atoms with Crippen LogP contribution in [0.4, 0.5) is 5.69 Å². The number of anilines is 1. The highest BCUT2D eigenvalue weighted by molar-refractivity contribution is 5.96. The molecule has 1 aromatic rings. The lowest BCUT2D eigenvalue weighted by Crippen LogP contribution is -2.43. The summed E-state index contributed by atoms with van der Waals surface area (Å²) in [6, 6.07) is -0.359. The first-order valence-electron chi connectivity index (χ1n) is 7.52. The Balaban J connectivity index is 1.69. The van der Waals surface area contributed by atoms with Crippen molar-refractivity contribution >= 4 is 11.6 Å². The highest BCUT2D eigenvalue weighted by atomic mass is 16.3. The number of aliphatic hydroxyl groups excluding tert-OH is 2. The van der Waals surface area contributed by atoms with E-state index in [4.69, 9.17) is 0 Å². The topological polar surface area (TPSA) is 99.4 Å². The third-order valence-corrected chi connectivity index (χ3v) is 4.54. The van der Waals surface area contributed by atoms with Crippen LogP contribution in [-0.2, 0) is 4.79 Å². The molecule has 2 heterocycles. The summed E-state index contributed by atoms with van der Waals surface area (Å²) in [6.07, 6.45) is 4.39. The molecule has 0 radical (unpaired) electrons. The SMILES string of the molecule is Cc1c(NC(=O)[C@@H]2NC[C@@H](O)[C@H]2O)cnn1C1CCCC1. The largest absolute Gasteiger partial charge is 0.389 e. The van der Waals surface area contributed by atoms with Crippen LogP contribution in [0.3, 0.4) is 0 Å². The Kier molecular flexibility index (Phi) is 3.97. The second kappa shape index (κ2) is 5.75. The number of hydrogen-bond acceptors (Lipinski definition) is 5. The molecular weight excluding hydrogens is 272 g/mol. The van der Waals surface area contributed by atoms with E-state index in [0.29, 0.717) is 11.7 Å². The number of rotatable bonds is 3. The lowest BCUT2D eigenvalue weighted by molar-refractivity contribution is -0.120. The van der Waals surface area contributed by atoms with Gasteiger partial charge in [-0.15, -0.1) is 0 Å². The third-order valence-electron chi connectivity index (χ3n) is 4.54. The van der Waals surface area contributed by atoms with Crippen molar-refractivity contribution in [3.63, 3.8) is 0 Å². The summed E-state index contributed by atoms with van der Waals surface area (Å²) >= 11 is 0. The van der Waals surface area contributed by atoms with Crippen molar-refractivity contribution in [1.29, 1.82) is 0 Å². The van der Waals surface area contributed by atoms with Gasteiger partial charge in [-0.3, -0.25) is 9.48 Å². The zero-order valence-corrected chi connectivity index (χ0v) is 12.1. The number of carbonyl (C=O) groups excluding carboxylic acids is 1. The van der Waals surface area contributed by atoms with Crippen molar-refractivity contribution in [2.45, 2.75) is 56.9 Å². The first-order chi connectivity index (χ1) is 10.1. The van der Waals surface area contributed by atoms with Gasteiger partial charge in [0.15, 0.2) is 0 Å². The number of nitrogens with one attached hydrogen (secondary N) is 2. The molecule has 3 rings (SSSR count). The van der Waals surface area contributed by atoms with Gasteiger partial charge in [-0.1, -0.05) is 12.8 Å². The quantitative estimate of drug-likeness (QED) is 0.626. The van der Waals surface area contributed by atoms with Gasteiger partial charge >= 0.3 is 0 Å². The van der Waals surface area contributed by atoms with E-state index in [0.717, 1.165) is 18.5 Å². The Labute approximate surface area is 123 Å². The van der Waals surface area contributed by atoms with Crippen LogP contribution in [0.2, 0.25) is 0 Å². The number of carbonyl (C=O) groups is 1. The van der Waals surface area contributed by atoms with Gasteiger partial charge in [-0.2, -0.15) is 5.10 Å². The van der Waals surface area contributed by atoms with Crippen molar-refractivity contribution in [3.05, 3.63) is 11.9 Å². The van der Waals surface area contributed by atoms with Crippen molar-refractivity contribution in [3.8, 4) is 0 Å². The van der Waals surface area contributed by atoms with Gasteiger partial charge in [-0.25, -0.2) is 0 Å². The van der Waals surface area contributed by atoms with Crippen LogP contribution >= 0.6 is 0 Å². The van der Waals surface area contributed by atoms with Crippen LogP contribution in [0, 0.1) is 6.92 Å². The summed E-state index contributed by atoms with van der Waals surface area (Å²) in [5.74, 6) is -0.340. The molecule has 0 bridgehead atoms. The van der Waals surface area contributed by atoms with Gasteiger partial charge in [0.05, 0.1) is 29.7 Å². The van der Waals surface area contributed by atoms with E-state index in [1.54, 1.807) is 6.20 Å². The number of aliphatic hydroxyl groups is 2. The molecule has 3 atom stereocenters. The van der Waals surface area contributed by atoms with E-state index in [1.165, 1.54) is 12.8 Å². The van der Waals surface area contributed by atoms with Crippen LogP contribution in [0.15, 0.2) is 6.20 Å². The summed E-state index contributed by atoms with van der Waals surface area (Å²) < 4.78 is 1.98. The van der Waals surface area contributed by atoms with E-state index in [1.807, 2.05) is 11.6 Å². The van der Waals surface area contributed by atoms with Crippen molar-refractivity contribution in [2.75, 3.05) is 11.9 Å². The van der Waals surface area contributed by atoms with Crippen LogP contribution < -0.4 is 10.6 Å². The Morgan fingerprint density at radius 1 is 1.43 bits per heavy atom. The van der Waals surface area contributed by atoms with Crippen molar-refractivity contribution < 1.29 is 15.0 Å². The molecule has 116 valence electrons. The van der Waals surface area contributed by atoms with E-state index < -0.39 is 18.2 Å². The van der Waals surface area contributed by atoms with E-state index in [9.17, 15) is 15.0 Å². The molecular formula is C14H22N4O3. The van der Waals surface area contributed by atoms with Gasteiger partial charge in [0.25, 0.3) is 0 Å². The zero-order valence-electron chi connectivity index (χ0n) is 12.1. The van der Waals surface area contributed by atoms with Crippen LogP contribution in [0.5, 0.6) is 0 Å². The first-order valence-corrected chi connectivity index (χ1v) is 7.52. The van der Waals surface area contributed by atoms with Gasteiger partial charge in [-0.05, 0) is 19.8 Å². The maximum absolute atomic E-state index is 12.2. The zero-order chi connectivity index (χ0) is 15.0. The highest BCUT2D eigenvalue weighted by Crippen LogP contribution is 2.31. The minimum absolute atomic E-state index is 0.222. The fraction of sp³-hybridized carbons (Fsp3) is 0.714. The predicted molar refractivity (Wildman–Crippen MR) is 76.9 cm³/mol. The molecule has 1 aliphatic carbocycles. The lowest BCUT2D eigenvalue weighted by Gasteiger charge is -2.16.